The van der Waals surface area contributed by atoms with Crippen molar-refractivity contribution < 1.29 is 19.7 Å². The first kappa shape index (κ1) is 18.8. The van der Waals surface area contributed by atoms with E-state index < -0.39 is 17.5 Å². The topological polar surface area (TPSA) is 94.1 Å². The summed E-state index contributed by atoms with van der Waals surface area (Å²) in [4.78, 5) is 14.8. The number of likely N-dealkylation sites (N-methyl/N-ethyl adjacent to an activating group) is 1. The van der Waals surface area contributed by atoms with E-state index in [4.69, 9.17) is 16.0 Å². The van der Waals surface area contributed by atoms with E-state index >= 15 is 0 Å². The lowest BCUT2D eigenvalue weighted by molar-refractivity contribution is 0.0700. The van der Waals surface area contributed by atoms with Crippen molar-refractivity contribution in [2.45, 2.75) is 18.4 Å². The maximum Gasteiger partial charge on any atom is 0.197 e. The molecule has 0 spiro atoms. The highest BCUT2D eigenvalue weighted by molar-refractivity contribution is 6.33. The fourth-order valence-corrected chi connectivity index (χ4v) is 4.09. The highest BCUT2D eigenvalue weighted by Crippen LogP contribution is 2.42. The van der Waals surface area contributed by atoms with Crippen LogP contribution < -0.4 is 5.43 Å². The fourth-order valence-electron chi connectivity index (χ4n) is 3.86. The Morgan fingerprint density at radius 2 is 1.93 bits per heavy atom. The molecule has 0 bridgehead atoms. The van der Waals surface area contributed by atoms with Gasteiger partial charge in [0, 0.05) is 42.3 Å². The first-order valence-corrected chi connectivity index (χ1v) is 9.38. The maximum absolute atomic E-state index is 12.8. The van der Waals surface area contributed by atoms with Crippen LogP contribution >= 0.6 is 11.6 Å². The lowest BCUT2D eigenvalue weighted by atomic mass is 9.86. The van der Waals surface area contributed by atoms with Crippen LogP contribution in [0.5, 0.6) is 11.5 Å². The van der Waals surface area contributed by atoms with Crippen LogP contribution in [0, 0.1) is 0 Å². The summed E-state index contributed by atoms with van der Waals surface area (Å²) in [5.41, 5.74) is 0.462. The molecule has 1 fully saturated rings. The predicted molar refractivity (Wildman–Crippen MR) is 107 cm³/mol. The van der Waals surface area contributed by atoms with Crippen molar-refractivity contribution in [3.63, 3.8) is 0 Å². The first-order chi connectivity index (χ1) is 13.4. The number of piperidine rings is 1. The summed E-state index contributed by atoms with van der Waals surface area (Å²) in [5, 5.41) is 31.8. The van der Waals surface area contributed by atoms with Gasteiger partial charge in [0.05, 0.1) is 11.1 Å². The molecule has 2 aromatic carbocycles. The minimum Gasteiger partial charge on any atom is -0.507 e. The molecule has 2 heterocycles. The summed E-state index contributed by atoms with van der Waals surface area (Å²) in [6, 6.07) is 9.34. The number of phenols is 2. The Balaban J connectivity index is 2.02. The van der Waals surface area contributed by atoms with Crippen LogP contribution in [0.15, 0.2) is 45.6 Å². The summed E-state index contributed by atoms with van der Waals surface area (Å²) in [6.45, 7) is 1.21. The van der Waals surface area contributed by atoms with Crippen molar-refractivity contribution in [3.05, 3.63) is 57.2 Å². The molecule has 2 atom stereocenters. The summed E-state index contributed by atoms with van der Waals surface area (Å²) in [6.07, 6.45) is -0.179. The molecule has 7 heteroatoms. The zero-order chi connectivity index (χ0) is 20.0. The zero-order valence-corrected chi connectivity index (χ0v) is 16.0. The molecular formula is C21H20ClNO5. The van der Waals surface area contributed by atoms with E-state index in [9.17, 15) is 20.1 Å². The van der Waals surface area contributed by atoms with Crippen molar-refractivity contribution >= 4 is 22.6 Å². The van der Waals surface area contributed by atoms with Crippen LogP contribution in [0.4, 0.5) is 0 Å². The van der Waals surface area contributed by atoms with Crippen molar-refractivity contribution in [1.82, 2.24) is 4.90 Å². The largest absolute Gasteiger partial charge is 0.507 e. The van der Waals surface area contributed by atoms with Gasteiger partial charge in [-0.1, -0.05) is 23.7 Å². The van der Waals surface area contributed by atoms with Gasteiger partial charge in [0.1, 0.15) is 28.2 Å². The summed E-state index contributed by atoms with van der Waals surface area (Å²) >= 11 is 6.25. The molecule has 3 aromatic rings. The van der Waals surface area contributed by atoms with Gasteiger partial charge in [-0.15, -0.1) is 0 Å². The minimum atomic E-state index is -0.705. The highest BCUT2D eigenvalue weighted by atomic mass is 35.5. The van der Waals surface area contributed by atoms with Gasteiger partial charge < -0.3 is 24.6 Å². The minimum absolute atomic E-state index is 0.0240. The molecule has 0 unspecified atom stereocenters. The van der Waals surface area contributed by atoms with Crippen molar-refractivity contribution in [2.75, 3.05) is 20.1 Å². The van der Waals surface area contributed by atoms with Crippen molar-refractivity contribution in [1.29, 1.82) is 0 Å². The summed E-state index contributed by atoms with van der Waals surface area (Å²) in [5.74, 6) is -0.822. The van der Waals surface area contributed by atoms with Crippen molar-refractivity contribution in [2.24, 2.45) is 0 Å². The molecule has 0 saturated carbocycles. The van der Waals surface area contributed by atoms with Gasteiger partial charge in [0.15, 0.2) is 5.43 Å². The number of halogens is 1. The van der Waals surface area contributed by atoms with E-state index in [-0.39, 0.29) is 28.2 Å². The number of fused-ring (bicyclic) bond motifs is 1. The quantitative estimate of drug-likeness (QED) is 0.610. The van der Waals surface area contributed by atoms with Crippen LogP contribution in [-0.4, -0.2) is 46.5 Å². The van der Waals surface area contributed by atoms with Crippen LogP contribution in [0.2, 0.25) is 5.02 Å². The molecule has 0 radical (unpaired) electrons. The van der Waals surface area contributed by atoms with E-state index in [1.807, 2.05) is 11.9 Å². The van der Waals surface area contributed by atoms with Crippen LogP contribution in [-0.2, 0) is 0 Å². The average Bonchev–Trinajstić information content (AvgIpc) is 2.64. The number of aromatic hydroxyl groups is 2. The summed E-state index contributed by atoms with van der Waals surface area (Å²) in [7, 11) is 1.92. The Morgan fingerprint density at radius 3 is 2.68 bits per heavy atom. The molecule has 3 N–H and O–H groups in total. The normalized spacial score (nSPS) is 20.5. The Morgan fingerprint density at radius 1 is 1.18 bits per heavy atom. The number of hydrogen-bond acceptors (Lipinski definition) is 6. The van der Waals surface area contributed by atoms with Gasteiger partial charge in [-0.3, -0.25) is 4.79 Å². The number of rotatable bonds is 2. The van der Waals surface area contributed by atoms with Crippen LogP contribution in [0.3, 0.4) is 0 Å². The number of nitrogens with zero attached hydrogens (tertiary/aromatic N) is 1. The first-order valence-electron chi connectivity index (χ1n) is 9.01. The van der Waals surface area contributed by atoms with Gasteiger partial charge >= 0.3 is 0 Å². The molecule has 1 saturated heterocycles. The number of aliphatic hydroxyl groups excluding tert-OH is 1. The fraction of sp³-hybridized carbons (Fsp3) is 0.286. The molecule has 1 aromatic heterocycles. The monoisotopic (exact) mass is 401 g/mol. The molecule has 1 aliphatic heterocycles. The SMILES string of the molecule is CN1CC[C@H](O)[C@H](c2c(O)cc(O)c3c(=O)cc(-c4ccccc4Cl)oc23)C1. The Hall–Kier alpha value is -2.54. The van der Waals surface area contributed by atoms with Gasteiger partial charge in [0.25, 0.3) is 0 Å². The zero-order valence-electron chi connectivity index (χ0n) is 15.2. The second-order valence-corrected chi connectivity index (χ2v) is 7.62. The Labute approximate surface area is 166 Å². The van der Waals surface area contributed by atoms with E-state index in [0.717, 1.165) is 12.6 Å². The molecule has 28 heavy (non-hydrogen) atoms. The average molecular weight is 402 g/mol. The van der Waals surface area contributed by atoms with Crippen LogP contribution in [0.1, 0.15) is 17.9 Å². The van der Waals surface area contributed by atoms with Crippen LogP contribution in [0.25, 0.3) is 22.3 Å². The third kappa shape index (κ3) is 3.13. The predicted octanol–water partition coefficient (Wildman–Crippen LogP) is 3.30. The number of benzene rings is 2. The molecule has 146 valence electrons. The third-order valence-electron chi connectivity index (χ3n) is 5.29. The molecule has 0 amide bonds. The maximum atomic E-state index is 12.8. The second kappa shape index (κ2) is 7.13. The lowest BCUT2D eigenvalue weighted by Crippen LogP contribution is -2.39. The number of phenolic OH excluding ortho intramolecular Hbond substituents is 2. The second-order valence-electron chi connectivity index (χ2n) is 7.21. The van der Waals surface area contributed by atoms with Gasteiger partial charge in [0.2, 0.25) is 0 Å². The Kier molecular flexibility index (Phi) is 4.79. The number of likely N-dealkylation sites (tertiary alicyclic amines) is 1. The van der Waals surface area contributed by atoms with E-state index in [0.29, 0.717) is 29.1 Å². The third-order valence-corrected chi connectivity index (χ3v) is 5.62. The standard InChI is InChI=1S/C21H20ClNO5/c1-23-7-6-14(24)12(10-23)19-15(25)8-16(26)20-17(27)9-18(28-21(19)20)11-4-2-3-5-13(11)22/h2-5,8-9,12,14,24-26H,6-7,10H2,1H3/t12-,14+/m1/s1. The molecule has 6 nitrogen and oxygen atoms in total. The number of aliphatic hydroxyl groups is 1. The molecule has 0 aliphatic carbocycles. The molecule has 4 rings (SSSR count). The number of hydrogen-bond donors (Lipinski definition) is 3. The van der Waals surface area contributed by atoms with Gasteiger partial charge in [-0.2, -0.15) is 0 Å². The Bertz CT molecular complexity index is 1110. The van der Waals surface area contributed by atoms with Gasteiger partial charge in [-0.25, -0.2) is 0 Å². The van der Waals surface area contributed by atoms with E-state index in [1.54, 1.807) is 24.3 Å². The van der Waals surface area contributed by atoms with Gasteiger partial charge in [-0.05, 0) is 25.6 Å². The molecular weight excluding hydrogens is 382 g/mol. The smallest absolute Gasteiger partial charge is 0.197 e. The van der Waals surface area contributed by atoms with E-state index in [1.165, 1.54) is 6.07 Å². The van der Waals surface area contributed by atoms with Crippen molar-refractivity contribution in [3.8, 4) is 22.8 Å². The molecule has 1 aliphatic rings. The lowest BCUT2D eigenvalue weighted by Gasteiger charge is -2.34. The van der Waals surface area contributed by atoms with E-state index in [2.05, 4.69) is 0 Å². The highest BCUT2D eigenvalue weighted by Gasteiger charge is 2.33. The summed E-state index contributed by atoms with van der Waals surface area (Å²) < 4.78 is 6.01.